The van der Waals surface area contributed by atoms with Crippen LogP contribution in [0.5, 0.6) is 0 Å². The van der Waals surface area contributed by atoms with Gasteiger partial charge in [0.1, 0.15) is 5.82 Å². The van der Waals surface area contributed by atoms with E-state index in [-0.39, 0.29) is 47.5 Å². The van der Waals surface area contributed by atoms with Gasteiger partial charge >= 0.3 is 0 Å². The average molecular weight is 355 g/mol. The first-order valence-corrected chi connectivity index (χ1v) is 9.94. The lowest BCUT2D eigenvalue weighted by molar-refractivity contribution is -0.121. The van der Waals surface area contributed by atoms with Gasteiger partial charge in [-0.05, 0) is 37.3 Å². The summed E-state index contributed by atoms with van der Waals surface area (Å²) >= 11 is 0. The molecule has 0 aromatic heterocycles. The molecule has 0 saturated carbocycles. The van der Waals surface area contributed by atoms with Gasteiger partial charge in [-0.3, -0.25) is 9.59 Å². The van der Waals surface area contributed by atoms with Crippen molar-refractivity contribution in [1.29, 1.82) is 0 Å². The summed E-state index contributed by atoms with van der Waals surface area (Å²) in [5.41, 5.74) is 0.00717. The molecule has 1 aromatic carbocycles. The van der Waals surface area contributed by atoms with Crippen molar-refractivity contribution in [3.8, 4) is 0 Å². The molecule has 1 aliphatic rings. The first-order chi connectivity index (χ1) is 11.4. The van der Waals surface area contributed by atoms with Crippen molar-refractivity contribution >= 4 is 21.5 Å². The minimum absolute atomic E-state index is 0.00717. The van der Waals surface area contributed by atoms with Crippen molar-refractivity contribution in [1.82, 2.24) is 5.32 Å². The van der Waals surface area contributed by atoms with Crippen LogP contribution in [-0.4, -0.2) is 38.2 Å². The standard InChI is InChI=1S/C17H22FNO4S/c18-15-6-2-1-5-14(15)16(20)7-8-17(21)19-10-3-4-13-9-11-24(22,23)12-13/h1-2,5-6,13H,3-4,7-12H2,(H,19,21). The van der Waals surface area contributed by atoms with E-state index in [9.17, 15) is 22.4 Å². The molecule has 2 rings (SSSR count). The Kier molecular flexibility index (Phi) is 6.48. The molecule has 7 heteroatoms. The second-order valence-electron chi connectivity index (χ2n) is 6.16. The molecule has 1 atom stereocenters. The van der Waals surface area contributed by atoms with Gasteiger partial charge in [0.25, 0.3) is 0 Å². The quantitative estimate of drug-likeness (QED) is 0.572. The topological polar surface area (TPSA) is 80.3 Å². The number of amides is 1. The lowest BCUT2D eigenvalue weighted by atomic mass is 10.0. The summed E-state index contributed by atoms with van der Waals surface area (Å²) in [5, 5.41) is 2.71. The summed E-state index contributed by atoms with van der Waals surface area (Å²) in [5.74, 6) is -0.512. The lowest BCUT2D eigenvalue weighted by Crippen LogP contribution is -2.25. The number of benzene rings is 1. The Morgan fingerprint density at radius 1 is 1.21 bits per heavy atom. The van der Waals surface area contributed by atoms with Gasteiger partial charge in [-0.1, -0.05) is 12.1 Å². The van der Waals surface area contributed by atoms with Crippen molar-refractivity contribution < 1.29 is 22.4 Å². The third-order valence-corrected chi connectivity index (χ3v) is 6.03. The number of nitrogens with one attached hydrogen (secondary N) is 1. The maximum absolute atomic E-state index is 13.5. The molecule has 1 amide bonds. The van der Waals surface area contributed by atoms with Gasteiger partial charge in [-0.15, -0.1) is 0 Å². The van der Waals surface area contributed by atoms with E-state index in [2.05, 4.69) is 5.32 Å². The Morgan fingerprint density at radius 3 is 2.62 bits per heavy atom. The monoisotopic (exact) mass is 355 g/mol. The molecule has 1 N–H and O–H groups in total. The SMILES string of the molecule is O=C(CCC(=O)c1ccccc1F)NCCCC1CCS(=O)(=O)C1. The Labute approximate surface area is 141 Å². The third kappa shape index (κ3) is 5.70. The number of hydrogen-bond acceptors (Lipinski definition) is 4. The lowest BCUT2D eigenvalue weighted by Gasteiger charge is -2.08. The van der Waals surface area contributed by atoms with E-state index in [1.807, 2.05) is 0 Å². The average Bonchev–Trinajstić information content (AvgIpc) is 2.89. The zero-order valence-corrected chi connectivity index (χ0v) is 14.3. The van der Waals surface area contributed by atoms with Crippen LogP contribution in [0, 0.1) is 11.7 Å². The zero-order chi connectivity index (χ0) is 17.6. The molecule has 0 aliphatic carbocycles. The second-order valence-corrected chi connectivity index (χ2v) is 8.39. The van der Waals surface area contributed by atoms with E-state index in [0.717, 1.165) is 6.42 Å². The first-order valence-electron chi connectivity index (χ1n) is 8.12. The number of halogens is 1. The van der Waals surface area contributed by atoms with Crippen molar-refractivity contribution in [2.24, 2.45) is 5.92 Å². The van der Waals surface area contributed by atoms with Crippen LogP contribution in [0.4, 0.5) is 4.39 Å². The maximum Gasteiger partial charge on any atom is 0.220 e. The highest BCUT2D eigenvalue weighted by atomic mass is 32.2. The smallest absolute Gasteiger partial charge is 0.220 e. The molecular weight excluding hydrogens is 333 g/mol. The highest BCUT2D eigenvalue weighted by molar-refractivity contribution is 7.91. The summed E-state index contributed by atoms with van der Waals surface area (Å²) in [6.07, 6.45) is 2.17. The van der Waals surface area contributed by atoms with Crippen LogP contribution in [0.2, 0.25) is 0 Å². The molecule has 0 spiro atoms. The summed E-state index contributed by atoms with van der Waals surface area (Å²) in [6, 6.07) is 5.72. The van der Waals surface area contributed by atoms with Crippen molar-refractivity contribution in [2.75, 3.05) is 18.1 Å². The molecule has 1 aromatic rings. The molecule has 132 valence electrons. The Bertz CT molecular complexity index is 702. The van der Waals surface area contributed by atoms with Crippen LogP contribution >= 0.6 is 0 Å². The fourth-order valence-corrected chi connectivity index (χ4v) is 4.77. The number of carbonyl (C=O) groups is 2. The van der Waals surface area contributed by atoms with Crippen LogP contribution in [0.1, 0.15) is 42.5 Å². The van der Waals surface area contributed by atoms with Gasteiger partial charge in [0, 0.05) is 19.4 Å². The minimum atomic E-state index is -2.85. The van der Waals surface area contributed by atoms with Crippen LogP contribution in [0.3, 0.4) is 0 Å². The molecule has 1 aliphatic heterocycles. The van der Waals surface area contributed by atoms with Crippen LogP contribution in [-0.2, 0) is 14.6 Å². The van der Waals surface area contributed by atoms with Gasteiger partial charge in [0.15, 0.2) is 15.6 Å². The summed E-state index contributed by atoms with van der Waals surface area (Å²) < 4.78 is 36.1. The molecule has 0 bridgehead atoms. The highest BCUT2D eigenvalue weighted by Crippen LogP contribution is 2.22. The van der Waals surface area contributed by atoms with Crippen molar-refractivity contribution in [2.45, 2.75) is 32.1 Å². The van der Waals surface area contributed by atoms with Crippen LogP contribution in [0.25, 0.3) is 0 Å². The number of ketones is 1. The van der Waals surface area contributed by atoms with Gasteiger partial charge in [0.05, 0.1) is 17.1 Å². The van der Waals surface area contributed by atoms with Crippen molar-refractivity contribution in [3.63, 3.8) is 0 Å². The fourth-order valence-electron chi connectivity index (χ4n) is 2.86. The largest absolute Gasteiger partial charge is 0.356 e. The van der Waals surface area contributed by atoms with E-state index in [0.29, 0.717) is 19.4 Å². The predicted octanol–water partition coefficient (Wildman–Crippen LogP) is 2.12. The normalized spacial score (nSPS) is 19.1. The van der Waals surface area contributed by atoms with Crippen molar-refractivity contribution in [3.05, 3.63) is 35.6 Å². The number of Topliss-reactive ketones (excluding diaryl/α,β-unsaturated/α-hetero) is 1. The molecule has 1 fully saturated rings. The second kappa shape index (κ2) is 8.37. The molecule has 1 heterocycles. The van der Waals surface area contributed by atoms with Gasteiger partial charge in [0.2, 0.25) is 5.91 Å². The number of rotatable bonds is 8. The number of sulfone groups is 1. The molecule has 1 unspecified atom stereocenters. The minimum Gasteiger partial charge on any atom is -0.356 e. The van der Waals surface area contributed by atoms with E-state index >= 15 is 0 Å². The fraction of sp³-hybridized carbons (Fsp3) is 0.529. The Hall–Kier alpha value is -1.76. The first kappa shape index (κ1) is 18.6. The molecule has 5 nitrogen and oxygen atoms in total. The van der Waals surface area contributed by atoms with Gasteiger partial charge in [-0.25, -0.2) is 12.8 Å². The summed E-state index contributed by atoms with van der Waals surface area (Å²) in [4.78, 5) is 23.6. The Morgan fingerprint density at radius 2 is 1.96 bits per heavy atom. The van der Waals surface area contributed by atoms with E-state index in [1.54, 1.807) is 6.07 Å². The van der Waals surface area contributed by atoms with Gasteiger partial charge in [-0.2, -0.15) is 0 Å². The van der Waals surface area contributed by atoms with Crippen LogP contribution in [0.15, 0.2) is 24.3 Å². The molecular formula is C17H22FNO4S. The number of hydrogen-bond donors (Lipinski definition) is 1. The van der Waals surface area contributed by atoms with E-state index < -0.39 is 15.7 Å². The summed E-state index contributed by atoms with van der Waals surface area (Å²) in [6.45, 7) is 0.462. The molecule has 24 heavy (non-hydrogen) atoms. The molecule has 0 radical (unpaired) electrons. The molecule has 1 saturated heterocycles. The van der Waals surface area contributed by atoms with E-state index in [1.165, 1.54) is 18.2 Å². The summed E-state index contributed by atoms with van der Waals surface area (Å²) in [7, 11) is -2.85. The predicted molar refractivity (Wildman–Crippen MR) is 89.0 cm³/mol. The maximum atomic E-state index is 13.5. The van der Waals surface area contributed by atoms with Gasteiger partial charge < -0.3 is 5.32 Å². The number of carbonyl (C=O) groups excluding carboxylic acids is 2. The van der Waals surface area contributed by atoms with E-state index in [4.69, 9.17) is 0 Å². The Balaban J connectivity index is 1.62. The van der Waals surface area contributed by atoms with Crippen LogP contribution < -0.4 is 5.32 Å². The highest BCUT2D eigenvalue weighted by Gasteiger charge is 2.27. The third-order valence-electron chi connectivity index (χ3n) is 4.19. The zero-order valence-electron chi connectivity index (χ0n) is 13.5.